The number of thiazole rings is 1. The third-order valence-electron chi connectivity index (χ3n) is 4.12. The van der Waals surface area contributed by atoms with E-state index in [1.165, 1.54) is 22.7 Å². The Labute approximate surface area is 152 Å². The minimum Gasteiger partial charge on any atom is -0.312 e. The highest BCUT2D eigenvalue weighted by Gasteiger charge is 2.22. The molecule has 0 radical (unpaired) electrons. The molecule has 1 N–H and O–H groups in total. The van der Waals surface area contributed by atoms with Gasteiger partial charge in [-0.05, 0) is 35.6 Å². The van der Waals surface area contributed by atoms with Gasteiger partial charge >= 0.3 is 0 Å². The van der Waals surface area contributed by atoms with E-state index >= 15 is 0 Å². The van der Waals surface area contributed by atoms with Crippen molar-refractivity contribution in [2.75, 3.05) is 16.8 Å². The summed E-state index contributed by atoms with van der Waals surface area (Å²) in [5.41, 5.74) is 3.97. The smallest absolute Gasteiger partial charge is 0.267 e. The van der Waals surface area contributed by atoms with Crippen molar-refractivity contribution in [1.29, 1.82) is 0 Å². The summed E-state index contributed by atoms with van der Waals surface area (Å²) >= 11 is 2.81. The first-order valence-electron chi connectivity index (χ1n) is 7.83. The van der Waals surface area contributed by atoms with Crippen LogP contribution in [0.1, 0.15) is 22.2 Å². The van der Waals surface area contributed by atoms with Crippen LogP contribution in [0.5, 0.6) is 0 Å². The number of aromatic nitrogens is 1. The van der Waals surface area contributed by atoms with Gasteiger partial charge in [0.1, 0.15) is 0 Å². The molecule has 5 nitrogen and oxygen atoms in total. The van der Waals surface area contributed by atoms with Crippen LogP contribution < -0.4 is 10.2 Å². The van der Waals surface area contributed by atoms with E-state index in [0.29, 0.717) is 10.0 Å². The minimum absolute atomic E-state index is 0.0683. The van der Waals surface area contributed by atoms with Crippen LogP contribution in [-0.2, 0) is 11.2 Å². The summed E-state index contributed by atoms with van der Waals surface area (Å²) in [5.74, 6) is -0.0688. The van der Waals surface area contributed by atoms with Gasteiger partial charge in [0.2, 0.25) is 5.91 Å². The average Bonchev–Trinajstić information content (AvgIpc) is 3.34. The number of nitrogens with zero attached hydrogens (tertiary/aromatic N) is 2. The van der Waals surface area contributed by atoms with Gasteiger partial charge in [-0.2, -0.15) is 0 Å². The summed E-state index contributed by atoms with van der Waals surface area (Å²) in [6.45, 7) is 2.32. The van der Waals surface area contributed by atoms with Crippen molar-refractivity contribution in [3.05, 3.63) is 51.5 Å². The Kier molecular flexibility index (Phi) is 4.10. The number of thiophene rings is 1. The summed E-state index contributed by atoms with van der Waals surface area (Å²) in [4.78, 5) is 30.7. The highest BCUT2D eigenvalue weighted by Crippen LogP contribution is 2.33. The maximum atomic E-state index is 12.1. The lowest BCUT2D eigenvalue weighted by atomic mass is 10.1. The number of benzene rings is 1. The Morgan fingerprint density at radius 1 is 1.24 bits per heavy atom. The maximum absolute atomic E-state index is 12.1. The first-order chi connectivity index (χ1) is 12.1. The number of fused-ring (bicyclic) bond motifs is 1. The van der Waals surface area contributed by atoms with Gasteiger partial charge in [0.25, 0.3) is 5.91 Å². The zero-order valence-electron chi connectivity index (χ0n) is 13.5. The third-order valence-corrected chi connectivity index (χ3v) is 5.75. The van der Waals surface area contributed by atoms with Crippen molar-refractivity contribution in [3.8, 4) is 11.3 Å². The Bertz CT molecular complexity index is 947. The quantitative estimate of drug-likeness (QED) is 0.758. The van der Waals surface area contributed by atoms with Crippen LogP contribution in [0.15, 0.2) is 41.1 Å². The molecular weight excluding hydrogens is 354 g/mol. The fraction of sp³-hybridized carbons (Fsp3) is 0.167. The van der Waals surface area contributed by atoms with Crippen LogP contribution in [0, 0.1) is 0 Å². The van der Waals surface area contributed by atoms with Crippen molar-refractivity contribution in [2.45, 2.75) is 13.3 Å². The Hall–Kier alpha value is -2.51. The molecule has 3 heterocycles. The summed E-state index contributed by atoms with van der Waals surface area (Å²) in [7, 11) is 0. The standard InChI is InChI=1S/C18H15N3O2S2/c1-11(22)21-7-6-13-9-12(4-5-15(13)21)14-10-25-18(19-14)20-17(23)16-3-2-8-24-16/h2-5,8-10H,6-7H2,1H3,(H,19,20,23). The van der Waals surface area contributed by atoms with E-state index < -0.39 is 0 Å². The van der Waals surface area contributed by atoms with E-state index in [4.69, 9.17) is 0 Å². The minimum atomic E-state index is -0.137. The van der Waals surface area contributed by atoms with Gasteiger partial charge in [-0.1, -0.05) is 12.1 Å². The van der Waals surface area contributed by atoms with Crippen molar-refractivity contribution < 1.29 is 9.59 Å². The zero-order chi connectivity index (χ0) is 17.4. The molecule has 1 aliphatic heterocycles. The average molecular weight is 369 g/mol. The number of amides is 2. The second-order valence-corrected chi connectivity index (χ2v) is 7.54. The van der Waals surface area contributed by atoms with Gasteiger partial charge in [0.05, 0.1) is 10.6 Å². The molecule has 0 atom stereocenters. The SMILES string of the molecule is CC(=O)N1CCc2cc(-c3csc(NC(=O)c4cccs4)n3)ccc21. The van der Waals surface area contributed by atoms with E-state index in [-0.39, 0.29) is 11.8 Å². The van der Waals surface area contributed by atoms with Crippen LogP contribution >= 0.6 is 22.7 Å². The van der Waals surface area contributed by atoms with Gasteiger partial charge < -0.3 is 4.90 Å². The first-order valence-corrected chi connectivity index (χ1v) is 9.59. The van der Waals surface area contributed by atoms with Gasteiger partial charge in [-0.3, -0.25) is 14.9 Å². The molecule has 0 fully saturated rings. The molecule has 1 aliphatic rings. The van der Waals surface area contributed by atoms with Crippen LogP contribution in [0.3, 0.4) is 0 Å². The monoisotopic (exact) mass is 369 g/mol. The second kappa shape index (κ2) is 6.42. The maximum Gasteiger partial charge on any atom is 0.267 e. The third kappa shape index (κ3) is 3.08. The number of carbonyl (C=O) groups is 2. The van der Waals surface area contributed by atoms with E-state index in [9.17, 15) is 9.59 Å². The van der Waals surface area contributed by atoms with E-state index in [1.54, 1.807) is 17.9 Å². The van der Waals surface area contributed by atoms with Crippen molar-refractivity contribution >= 4 is 45.3 Å². The van der Waals surface area contributed by atoms with Crippen LogP contribution in [0.2, 0.25) is 0 Å². The molecule has 0 bridgehead atoms. The molecule has 0 spiro atoms. The summed E-state index contributed by atoms with van der Waals surface area (Å²) in [5, 5.41) is 7.22. The molecule has 3 aromatic rings. The fourth-order valence-electron chi connectivity index (χ4n) is 2.92. The lowest BCUT2D eigenvalue weighted by Crippen LogP contribution is -2.25. The summed E-state index contributed by atoms with van der Waals surface area (Å²) in [6.07, 6.45) is 0.856. The highest BCUT2D eigenvalue weighted by molar-refractivity contribution is 7.14. The predicted octanol–water partition coefficient (Wildman–Crippen LogP) is 4.03. The topological polar surface area (TPSA) is 62.3 Å². The lowest BCUT2D eigenvalue weighted by molar-refractivity contribution is -0.116. The van der Waals surface area contributed by atoms with Crippen LogP contribution in [0.25, 0.3) is 11.3 Å². The van der Waals surface area contributed by atoms with E-state index in [0.717, 1.165) is 35.5 Å². The molecule has 2 amide bonds. The molecule has 126 valence electrons. The molecule has 1 aromatic carbocycles. The zero-order valence-corrected chi connectivity index (χ0v) is 15.1. The number of carbonyl (C=O) groups excluding carboxylic acids is 2. The van der Waals surface area contributed by atoms with Gasteiger partial charge in [-0.15, -0.1) is 22.7 Å². The lowest BCUT2D eigenvalue weighted by Gasteiger charge is -2.14. The number of hydrogen-bond donors (Lipinski definition) is 1. The number of hydrogen-bond acceptors (Lipinski definition) is 5. The Morgan fingerprint density at radius 2 is 2.12 bits per heavy atom. The van der Waals surface area contributed by atoms with Gasteiger partial charge in [0, 0.05) is 30.1 Å². The molecule has 0 unspecified atom stereocenters. The van der Waals surface area contributed by atoms with Gasteiger partial charge in [0.15, 0.2) is 5.13 Å². The second-order valence-electron chi connectivity index (χ2n) is 5.73. The molecule has 0 saturated heterocycles. The van der Waals surface area contributed by atoms with Crippen LogP contribution in [-0.4, -0.2) is 23.3 Å². The summed E-state index contributed by atoms with van der Waals surface area (Å²) in [6, 6.07) is 9.66. The molecule has 25 heavy (non-hydrogen) atoms. The molecular formula is C18H15N3O2S2. The van der Waals surface area contributed by atoms with Gasteiger partial charge in [-0.25, -0.2) is 4.98 Å². The predicted molar refractivity (Wildman–Crippen MR) is 102 cm³/mol. The van der Waals surface area contributed by atoms with Crippen LogP contribution in [0.4, 0.5) is 10.8 Å². The van der Waals surface area contributed by atoms with Crippen molar-refractivity contribution in [2.24, 2.45) is 0 Å². The molecule has 2 aromatic heterocycles. The number of rotatable bonds is 3. The molecule has 0 aliphatic carbocycles. The fourth-order valence-corrected chi connectivity index (χ4v) is 4.25. The molecule has 0 saturated carbocycles. The van der Waals surface area contributed by atoms with E-state index in [2.05, 4.69) is 16.4 Å². The number of nitrogens with one attached hydrogen (secondary N) is 1. The van der Waals surface area contributed by atoms with Crippen molar-refractivity contribution in [3.63, 3.8) is 0 Å². The highest BCUT2D eigenvalue weighted by atomic mass is 32.1. The number of anilines is 2. The van der Waals surface area contributed by atoms with Crippen molar-refractivity contribution in [1.82, 2.24) is 4.98 Å². The Morgan fingerprint density at radius 3 is 2.88 bits per heavy atom. The Balaban J connectivity index is 1.55. The molecule has 7 heteroatoms. The first kappa shape index (κ1) is 16.0. The summed E-state index contributed by atoms with van der Waals surface area (Å²) < 4.78 is 0. The molecule has 4 rings (SSSR count). The largest absolute Gasteiger partial charge is 0.312 e. The normalized spacial score (nSPS) is 12.9. The van der Waals surface area contributed by atoms with E-state index in [1.807, 2.05) is 29.0 Å².